The molecule has 0 aromatic heterocycles. The van der Waals surface area contributed by atoms with E-state index in [-0.39, 0.29) is 18.1 Å². The number of fused-ring (bicyclic) bond motifs is 1. The monoisotopic (exact) mass is 694 g/mol. The van der Waals surface area contributed by atoms with Gasteiger partial charge in [0.1, 0.15) is 13.2 Å². The maximum atomic E-state index is 12.6. The first-order chi connectivity index (χ1) is 24.6. The number of hydrogen-bond donors (Lipinski definition) is 4. The number of amides is 4. The summed E-state index contributed by atoms with van der Waals surface area (Å²) in [6.07, 6.45) is 0. The number of ether oxygens (including phenoxy) is 7. The molecule has 0 unspecified atom stereocenters. The first-order valence-electron chi connectivity index (χ1n) is 17.0. The van der Waals surface area contributed by atoms with E-state index in [1.165, 1.54) is 0 Å². The van der Waals surface area contributed by atoms with Crippen LogP contribution in [-0.4, -0.2) is 91.3 Å². The third-order valence-electron chi connectivity index (χ3n) is 7.50. The lowest BCUT2D eigenvalue weighted by molar-refractivity contribution is -0.0134. The first-order valence-corrected chi connectivity index (χ1v) is 17.0. The second kappa shape index (κ2) is 23.1. The molecular weight excluding hydrogens is 644 g/mol. The third kappa shape index (κ3) is 15.4. The fourth-order valence-electron chi connectivity index (χ4n) is 4.75. The van der Waals surface area contributed by atoms with Gasteiger partial charge in [-0.1, -0.05) is 60.7 Å². The average Bonchev–Trinajstić information content (AvgIpc) is 3.14. The number of hydrogen-bond acceptors (Lipinski definition) is 9. The quantitative estimate of drug-likeness (QED) is 0.274. The second-order valence-corrected chi connectivity index (χ2v) is 11.4. The maximum absolute atomic E-state index is 12.6. The summed E-state index contributed by atoms with van der Waals surface area (Å²) in [5.41, 5.74) is 3.76. The van der Waals surface area contributed by atoms with Gasteiger partial charge in [0.25, 0.3) is 0 Å². The molecule has 0 fully saturated rings. The summed E-state index contributed by atoms with van der Waals surface area (Å²) in [5, 5.41) is 11.6. The van der Waals surface area contributed by atoms with Crippen molar-refractivity contribution in [3.63, 3.8) is 0 Å². The van der Waals surface area contributed by atoms with Crippen LogP contribution in [0.5, 0.6) is 11.5 Å². The van der Waals surface area contributed by atoms with E-state index in [1.54, 1.807) is 0 Å². The van der Waals surface area contributed by atoms with E-state index in [1.807, 2.05) is 79.7 Å². The minimum atomic E-state index is -0.304. The molecule has 3 aromatic carbocycles. The zero-order valence-corrected chi connectivity index (χ0v) is 28.8. The number of carbonyl (C=O) groups excluding carboxylic acids is 2. The van der Waals surface area contributed by atoms with Crippen LogP contribution in [-0.2, 0) is 43.3 Å². The largest absolute Gasteiger partial charge is 0.487 e. The number of carbonyl (C=O) groups is 2. The van der Waals surface area contributed by atoms with Crippen molar-refractivity contribution in [2.45, 2.75) is 32.6 Å². The van der Waals surface area contributed by atoms with Crippen LogP contribution < -0.4 is 30.7 Å². The Balaban J connectivity index is 1.18. The van der Waals surface area contributed by atoms with Crippen LogP contribution in [0.2, 0.25) is 0 Å². The minimum Gasteiger partial charge on any atom is -0.487 e. The summed E-state index contributed by atoms with van der Waals surface area (Å²) in [6, 6.07) is 22.4. The third-order valence-corrected chi connectivity index (χ3v) is 7.50. The van der Waals surface area contributed by atoms with Gasteiger partial charge in [0, 0.05) is 19.6 Å². The highest BCUT2D eigenvalue weighted by molar-refractivity contribution is 5.74. The zero-order valence-electron chi connectivity index (χ0n) is 28.8. The van der Waals surface area contributed by atoms with Crippen LogP contribution in [0.3, 0.4) is 0 Å². The molecule has 13 heteroatoms. The lowest BCUT2D eigenvalue weighted by atomic mass is 10.1. The van der Waals surface area contributed by atoms with Crippen LogP contribution in [0.4, 0.5) is 9.59 Å². The first kappa shape index (κ1) is 38.4. The summed E-state index contributed by atoms with van der Waals surface area (Å²) in [4.78, 5) is 24.9. The van der Waals surface area contributed by atoms with Crippen molar-refractivity contribution in [3.8, 4) is 11.5 Å². The second-order valence-electron chi connectivity index (χ2n) is 11.4. The Labute approximate surface area is 294 Å². The molecule has 13 nitrogen and oxygen atoms in total. The molecule has 1 heterocycles. The highest BCUT2D eigenvalue weighted by Crippen LogP contribution is 2.28. The predicted molar refractivity (Wildman–Crippen MR) is 187 cm³/mol. The van der Waals surface area contributed by atoms with E-state index in [9.17, 15) is 9.59 Å². The molecule has 0 bridgehead atoms. The molecule has 4 N–H and O–H groups in total. The summed E-state index contributed by atoms with van der Waals surface area (Å²) >= 11 is 0. The van der Waals surface area contributed by atoms with Gasteiger partial charge < -0.3 is 54.4 Å². The zero-order chi connectivity index (χ0) is 35.1. The lowest BCUT2D eigenvalue weighted by Gasteiger charge is -2.15. The van der Waals surface area contributed by atoms with Crippen molar-refractivity contribution in [1.29, 1.82) is 0 Å². The van der Waals surface area contributed by atoms with Crippen molar-refractivity contribution < 1.29 is 42.7 Å². The Morgan fingerprint density at radius 2 is 0.940 bits per heavy atom. The van der Waals surface area contributed by atoms with Gasteiger partial charge >= 0.3 is 12.1 Å². The average molecular weight is 695 g/mol. The van der Waals surface area contributed by atoms with Gasteiger partial charge in [-0.25, -0.2) is 9.59 Å². The van der Waals surface area contributed by atoms with Crippen LogP contribution in [0, 0.1) is 0 Å². The highest BCUT2D eigenvalue weighted by Gasteiger charge is 2.11. The fraction of sp³-hybridized carbons (Fsp3) is 0.459. The molecule has 1 aliphatic heterocycles. The summed E-state index contributed by atoms with van der Waals surface area (Å²) < 4.78 is 39.6. The fourth-order valence-corrected chi connectivity index (χ4v) is 4.75. The van der Waals surface area contributed by atoms with Crippen molar-refractivity contribution >= 4 is 12.1 Å². The Kier molecular flexibility index (Phi) is 17.7. The minimum absolute atomic E-state index is 0.101. The van der Waals surface area contributed by atoms with Crippen LogP contribution in [0.15, 0.2) is 72.8 Å². The van der Waals surface area contributed by atoms with Crippen LogP contribution in [0.25, 0.3) is 0 Å². The highest BCUT2D eigenvalue weighted by atomic mass is 16.6. The van der Waals surface area contributed by atoms with E-state index in [0.717, 1.165) is 22.3 Å². The molecule has 272 valence electrons. The van der Waals surface area contributed by atoms with Gasteiger partial charge in [0.2, 0.25) is 0 Å². The molecule has 0 spiro atoms. The Morgan fingerprint density at radius 1 is 0.520 bits per heavy atom. The predicted octanol–water partition coefficient (Wildman–Crippen LogP) is 4.10. The van der Waals surface area contributed by atoms with E-state index < -0.39 is 0 Å². The number of nitrogens with one attached hydrogen (secondary N) is 4. The molecule has 1 atom stereocenters. The molecule has 3 aromatic rings. The lowest BCUT2D eigenvalue weighted by Crippen LogP contribution is -2.36. The molecule has 0 aliphatic carbocycles. The molecule has 0 radical (unpaired) electrons. The number of rotatable bonds is 8. The van der Waals surface area contributed by atoms with E-state index in [2.05, 4.69) is 21.3 Å². The number of benzene rings is 3. The summed E-state index contributed by atoms with van der Waals surface area (Å²) in [5.74, 6) is 1.12. The molecule has 4 rings (SSSR count). The Morgan fingerprint density at radius 3 is 1.46 bits per heavy atom. The van der Waals surface area contributed by atoms with Crippen LogP contribution in [0.1, 0.15) is 35.2 Å². The maximum Gasteiger partial charge on any atom is 0.315 e. The molecular formula is C37H50N4O9. The topological polar surface area (TPSA) is 147 Å². The van der Waals surface area contributed by atoms with Gasteiger partial charge in [-0.3, -0.25) is 0 Å². The Hall–Kier alpha value is -4.40. The van der Waals surface area contributed by atoms with Gasteiger partial charge in [0.15, 0.2) is 11.5 Å². The summed E-state index contributed by atoms with van der Waals surface area (Å²) in [7, 11) is 0. The normalized spacial score (nSPS) is 16.2. The van der Waals surface area contributed by atoms with E-state index in [4.69, 9.17) is 33.2 Å². The molecule has 0 saturated carbocycles. The molecule has 0 saturated heterocycles. The standard InChI is InChI=1S/C37H50N4O9/c1-29(33-5-3-2-4-6-33)41-37(43)40-27-31-9-7-30(8-10-31)26-38-36(42)39-28-32-11-12-34-35(25-32)50-24-22-48-20-18-46-16-14-44-13-15-45-17-19-47-21-23-49-34/h2-12,25,29H,13-24,26-28H2,1H3,(H2,38,39,42)(H2,40,41,43)/t29-/m1/s1. The SMILES string of the molecule is C[C@@H](NC(=O)NCc1ccc(CNC(=O)NCc2ccc3c(c2)OCCOCCOCCOCCOCCOCCO3)cc1)c1ccccc1. The van der Waals surface area contributed by atoms with Gasteiger partial charge in [-0.05, 0) is 41.3 Å². The van der Waals surface area contributed by atoms with Gasteiger partial charge in [0.05, 0.1) is 72.1 Å². The Bertz CT molecular complexity index is 1400. The van der Waals surface area contributed by atoms with E-state index in [0.29, 0.717) is 110 Å². The van der Waals surface area contributed by atoms with Crippen molar-refractivity contribution in [1.82, 2.24) is 21.3 Å². The summed E-state index contributed by atoms with van der Waals surface area (Å²) in [6.45, 7) is 8.25. The van der Waals surface area contributed by atoms with E-state index >= 15 is 0 Å². The van der Waals surface area contributed by atoms with Crippen molar-refractivity contribution in [3.05, 3.63) is 95.1 Å². The smallest absolute Gasteiger partial charge is 0.315 e. The van der Waals surface area contributed by atoms with Gasteiger partial charge in [-0.2, -0.15) is 0 Å². The molecule has 4 amide bonds. The number of urea groups is 2. The van der Waals surface area contributed by atoms with Crippen molar-refractivity contribution in [2.75, 3.05) is 79.3 Å². The van der Waals surface area contributed by atoms with Crippen LogP contribution >= 0.6 is 0 Å². The van der Waals surface area contributed by atoms with Gasteiger partial charge in [-0.15, -0.1) is 0 Å². The molecule has 50 heavy (non-hydrogen) atoms. The van der Waals surface area contributed by atoms with Crippen molar-refractivity contribution in [2.24, 2.45) is 0 Å². The molecule has 1 aliphatic rings.